The van der Waals surface area contributed by atoms with Crippen molar-refractivity contribution in [3.63, 3.8) is 0 Å². The molecule has 1 amide bonds. The first-order valence-electron chi connectivity index (χ1n) is 10.8. The Morgan fingerprint density at radius 3 is 2.56 bits per heavy atom. The van der Waals surface area contributed by atoms with Crippen molar-refractivity contribution in [2.75, 3.05) is 33.0 Å². The Kier molecular flexibility index (Phi) is 6.04. The molecule has 0 unspecified atom stereocenters. The van der Waals surface area contributed by atoms with E-state index >= 15 is 0 Å². The molecule has 2 aliphatic rings. The average Bonchev–Trinajstić information content (AvgIpc) is 3.49. The molecular formula is C24H26N4O4. The van der Waals surface area contributed by atoms with E-state index in [9.17, 15) is 4.79 Å². The summed E-state index contributed by atoms with van der Waals surface area (Å²) in [4.78, 5) is 21.3. The number of ether oxygens (including phenoxy) is 2. The maximum absolute atomic E-state index is 12.3. The van der Waals surface area contributed by atoms with E-state index in [1.165, 1.54) is 5.56 Å². The fourth-order valence-corrected chi connectivity index (χ4v) is 3.97. The molecule has 32 heavy (non-hydrogen) atoms. The van der Waals surface area contributed by atoms with Crippen LogP contribution < -0.4 is 14.8 Å². The molecule has 0 spiro atoms. The van der Waals surface area contributed by atoms with E-state index in [0.29, 0.717) is 25.6 Å². The largest absolute Gasteiger partial charge is 0.455 e. The maximum atomic E-state index is 12.3. The van der Waals surface area contributed by atoms with E-state index in [0.717, 1.165) is 55.7 Å². The van der Waals surface area contributed by atoms with Crippen molar-refractivity contribution in [1.29, 1.82) is 0 Å². The second kappa shape index (κ2) is 9.42. The Balaban J connectivity index is 1.08. The Labute approximate surface area is 186 Å². The molecule has 1 N–H and O–H groups in total. The Bertz CT molecular complexity index is 1060. The molecule has 1 fully saturated rings. The first-order chi connectivity index (χ1) is 15.7. The smallest absolute Gasteiger partial charge is 0.287 e. The topological polar surface area (TPSA) is 80.1 Å². The third-order valence-corrected chi connectivity index (χ3v) is 5.73. The first kappa shape index (κ1) is 20.5. The van der Waals surface area contributed by atoms with Gasteiger partial charge in [0.1, 0.15) is 5.76 Å². The first-order valence-corrected chi connectivity index (χ1v) is 10.8. The van der Waals surface area contributed by atoms with Crippen LogP contribution >= 0.6 is 0 Å². The quantitative estimate of drug-likeness (QED) is 0.612. The molecule has 3 aromatic rings. The van der Waals surface area contributed by atoms with Crippen LogP contribution in [0.1, 0.15) is 27.6 Å². The summed E-state index contributed by atoms with van der Waals surface area (Å²) in [5, 5.41) is 2.84. The van der Waals surface area contributed by atoms with E-state index in [1.807, 2.05) is 30.3 Å². The number of nitrogens with zero attached hydrogens (tertiary/aromatic N) is 3. The third kappa shape index (κ3) is 4.92. The number of pyridine rings is 1. The molecular weight excluding hydrogens is 408 g/mol. The van der Waals surface area contributed by atoms with Gasteiger partial charge in [0.05, 0.1) is 18.8 Å². The predicted molar refractivity (Wildman–Crippen MR) is 117 cm³/mol. The lowest BCUT2D eigenvalue weighted by Gasteiger charge is -2.34. The van der Waals surface area contributed by atoms with Gasteiger partial charge in [0.15, 0.2) is 17.3 Å². The fourth-order valence-electron chi connectivity index (χ4n) is 3.97. The van der Waals surface area contributed by atoms with Crippen molar-refractivity contribution in [3.05, 3.63) is 77.5 Å². The van der Waals surface area contributed by atoms with Crippen LogP contribution in [-0.2, 0) is 19.6 Å². The van der Waals surface area contributed by atoms with Gasteiger partial charge in [-0.1, -0.05) is 12.1 Å². The summed E-state index contributed by atoms with van der Waals surface area (Å²) in [5.74, 6) is 2.56. The van der Waals surface area contributed by atoms with Crippen LogP contribution in [0.2, 0.25) is 0 Å². The SMILES string of the molecule is O=C(NCc1ccccn1)c1ccc(CN2CCN(Cc3ccc4c(c3)OCO4)CC2)o1. The van der Waals surface area contributed by atoms with E-state index in [4.69, 9.17) is 13.9 Å². The minimum Gasteiger partial charge on any atom is -0.455 e. The summed E-state index contributed by atoms with van der Waals surface area (Å²) in [5.41, 5.74) is 2.04. The van der Waals surface area contributed by atoms with Crippen LogP contribution in [0, 0.1) is 0 Å². The molecule has 2 aliphatic heterocycles. The fraction of sp³-hybridized carbons (Fsp3) is 0.333. The number of furan rings is 1. The summed E-state index contributed by atoms with van der Waals surface area (Å²) < 4.78 is 16.7. The van der Waals surface area contributed by atoms with Crippen LogP contribution in [0.3, 0.4) is 0 Å². The summed E-state index contributed by atoms with van der Waals surface area (Å²) in [6.45, 7) is 6.13. The number of benzene rings is 1. The lowest BCUT2D eigenvalue weighted by molar-refractivity contribution is 0.0912. The highest BCUT2D eigenvalue weighted by atomic mass is 16.7. The molecule has 1 saturated heterocycles. The Morgan fingerprint density at radius 1 is 0.938 bits per heavy atom. The molecule has 0 aliphatic carbocycles. The Hall–Kier alpha value is -3.36. The van der Waals surface area contributed by atoms with Gasteiger partial charge in [-0.15, -0.1) is 0 Å². The van der Waals surface area contributed by atoms with E-state index in [-0.39, 0.29) is 5.91 Å². The zero-order valence-electron chi connectivity index (χ0n) is 17.8. The van der Waals surface area contributed by atoms with Crippen LogP contribution in [0.25, 0.3) is 0 Å². The molecule has 4 heterocycles. The molecule has 0 bridgehead atoms. The van der Waals surface area contributed by atoms with Gasteiger partial charge in [-0.3, -0.25) is 19.6 Å². The number of carbonyl (C=O) groups is 1. The second-order valence-corrected chi connectivity index (χ2v) is 8.01. The summed E-state index contributed by atoms with van der Waals surface area (Å²) in [6.07, 6.45) is 1.71. The zero-order chi connectivity index (χ0) is 21.8. The van der Waals surface area contributed by atoms with Gasteiger partial charge in [-0.2, -0.15) is 0 Å². The summed E-state index contributed by atoms with van der Waals surface area (Å²) >= 11 is 0. The zero-order valence-corrected chi connectivity index (χ0v) is 17.8. The normalized spacial score (nSPS) is 16.2. The molecule has 0 saturated carbocycles. The predicted octanol–water partition coefficient (Wildman–Crippen LogP) is 2.65. The van der Waals surface area contributed by atoms with Crippen molar-refractivity contribution in [1.82, 2.24) is 20.1 Å². The summed E-state index contributed by atoms with van der Waals surface area (Å²) in [6, 6.07) is 15.4. The standard InChI is InChI=1S/C24H26N4O4/c29-24(26-14-19-3-1-2-8-25-19)22-7-5-20(32-22)16-28-11-9-27(10-12-28)15-18-4-6-21-23(13-18)31-17-30-21/h1-8,13H,9-12,14-17H2,(H,26,29). The maximum Gasteiger partial charge on any atom is 0.287 e. The number of fused-ring (bicyclic) bond motifs is 1. The van der Waals surface area contributed by atoms with Crippen molar-refractivity contribution in [2.24, 2.45) is 0 Å². The van der Waals surface area contributed by atoms with Gasteiger partial charge in [-0.25, -0.2) is 0 Å². The number of amides is 1. The van der Waals surface area contributed by atoms with Crippen LogP contribution in [-0.4, -0.2) is 53.7 Å². The van der Waals surface area contributed by atoms with Crippen molar-refractivity contribution < 1.29 is 18.7 Å². The van der Waals surface area contributed by atoms with Gasteiger partial charge in [0.2, 0.25) is 6.79 Å². The van der Waals surface area contributed by atoms with Gasteiger partial charge in [-0.05, 0) is 42.0 Å². The molecule has 0 atom stereocenters. The highest BCUT2D eigenvalue weighted by Gasteiger charge is 2.20. The minimum atomic E-state index is -0.226. The highest BCUT2D eigenvalue weighted by molar-refractivity contribution is 5.91. The molecule has 8 nitrogen and oxygen atoms in total. The molecule has 8 heteroatoms. The molecule has 0 radical (unpaired) electrons. The number of rotatable bonds is 7. The van der Waals surface area contributed by atoms with Crippen molar-refractivity contribution in [2.45, 2.75) is 19.6 Å². The molecule has 5 rings (SSSR count). The van der Waals surface area contributed by atoms with Gasteiger partial charge < -0.3 is 19.2 Å². The monoisotopic (exact) mass is 434 g/mol. The van der Waals surface area contributed by atoms with Crippen LogP contribution in [0.4, 0.5) is 0 Å². The lowest BCUT2D eigenvalue weighted by Crippen LogP contribution is -2.45. The van der Waals surface area contributed by atoms with E-state index in [2.05, 4.69) is 32.2 Å². The minimum absolute atomic E-state index is 0.226. The number of aromatic nitrogens is 1. The molecule has 1 aromatic carbocycles. The number of piperazine rings is 1. The van der Waals surface area contributed by atoms with Crippen molar-refractivity contribution >= 4 is 5.91 Å². The number of nitrogens with one attached hydrogen (secondary N) is 1. The average molecular weight is 434 g/mol. The van der Waals surface area contributed by atoms with Gasteiger partial charge in [0.25, 0.3) is 5.91 Å². The van der Waals surface area contributed by atoms with Gasteiger partial charge in [0, 0.05) is 38.9 Å². The summed E-state index contributed by atoms with van der Waals surface area (Å²) in [7, 11) is 0. The number of hydrogen-bond acceptors (Lipinski definition) is 7. The lowest BCUT2D eigenvalue weighted by atomic mass is 10.1. The second-order valence-electron chi connectivity index (χ2n) is 8.01. The van der Waals surface area contributed by atoms with Crippen molar-refractivity contribution in [3.8, 4) is 11.5 Å². The van der Waals surface area contributed by atoms with Crippen LogP contribution in [0.15, 0.2) is 59.1 Å². The third-order valence-electron chi connectivity index (χ3n) is 5.73. The number of hydrogen-bond donors (Lipinski definition) is 1. The van der Waals surface area contributed by atoms with E-state index < -0.39 is 0 Å². The molecule has 2 aromatic heterocycles. The Morgan fingerprint density at radius 2 is 1.75 bits per heavy atom. The van der Waals surface area contributed by atoms with Crippen LogP contribution in [0.5, 0.6) is 11.5 Å². The highest BCUT2D eigenvalue weighted by Crippen LogP contribution is 2.32. The number of carbonyl (C=O) groups excluding carboxylic acids is 1. The molecule has 166 valence electrons. The van der Waals surface area contributed by atoms with Gasteiger partial charge >= 0.3 is 0 Å². The van der Waals surface area contributed by atoms with E-state index in [1.54, 1.807) is 12.3 Å².